The first kappa shape index (κ1) is 13.9. The molecule has 1 atom stereocenters. The maximum Gasteiger partial charge on any atom is 0.335 e. The van der Waals surface area contributed by atoms with E-state index in [2.05, 4.69) is 5.32 Å². The first-order valence-electron chi connectivity index (χ1n) is 6.37. The number of aromatic carboxylic acids is 1. The van der Waals surface area contributed by atoms with Gasteiger partial charge in [0, 0.05) is 11.7 Å². The van der Waals surface area contributed by atoms with E-state index in [1.54, 1.807) is 36.4 Å². The molecule has 4 heteroatoms. The number of anilines is 1. The Labute approximate surface area is 117 Å². The van der Waals surface area contributed by atoms with Gasteiger partial charge in [-0.15, -0.1) is 0 Å². The molecule has 0 bridgehead atoms. The quantitative estimate of drug-likeness (QED) is 0.795. The zero-order valence-electron chi connectivity index (χ0n) is 11.4. The van der Waals surface area contributed by atoms with Gasteiger partial charge in [0.25, 0.3) is 0 Å². The van der Waals surface area contributed by atoms with Crippen molar-refractivity contribution in [3.63, 3.8) is 0 Å². The number of benzene rings is 2. The summed E-state index contributed by atoms with van der Waals surface area (Å²) in [5, 5.41) is 21.7. The Balaban J connectivity index is 2.19. The lowest BCUT2D eigenvalue weighted by Crippen LogP contribution is -2.08. The summed E-state index contributed by atoms with van der Waals surface area (Å²) in [7, 11) is 0. The van der Waals surface area contributed by atoms with Crippen LogP contribution in [0.25, 0.3) is 0 Å². The summed E-state index contributed by atoms with van der Waals surface area (Å²) in [5.74, 6) is -0.699. The number of hydrogen-bond acceptors (Lipinski definition) is 3. The van der Waals surface area contributed by atoms with Gasteiger partial charge in [-0.3, -0.25) is 0 Å². The molecule has 0 heterocycles. The number of rotatable bonds is 4. The molecule has 0 aromatic heterocycles. The largest absolute Gasteiger partial charge is 0.508 e. The van der Waals surface area contributed by atoms with Crippen molar-refractivity contribution < 1.29 is 15.0 Å². The van der Waals surface area contributed by atoms with Gasteiger partial charge < -0.3 is 15.5 Å². The van der Waals surface area contributed by atoms with Crippen molar-refractivity contribution in [3.8, 4) is 5.75 Å². The predicted molar refractivity (Wildman–Crippen MR) is 78.3 cm³/mol. The van der Waals surface area contributed by atoms with Crippen molar-refractivity contribution in [1.82, 2.24) is 0 Å². The Morgan fingerprint density at radius 1 is 1.20 bits per heavy atom. The molecule has 0 fully saturated rings. The zero-order valence-corrected chi connectivity index (χ0v) is 11.4. The summed E-state index contributed by atoms with van der Waals surface area (Å²) < 4.78 is 0. The van der Waals surface area contributed by atoms with Gasteiger partial charge in [-0.05, 0) is 55.3 Å². The Bertz CT molecular complexity index is 637. The highest BCUT2D eigenvalue weighted by Gasteiger charge is 2.09. The summed E-state index contributed by atoms with van der Waals surface area (Å²) >= 11 is 0. The molecule has 20 heavy (non-hydrogen) atoms. The molecule has 0 spiro atoms. The van der Waals surface area contributed by atoms with E-state index in [4.69, 9.17) is 5.11 Å². The number of nitrogens with one attached hydrogen (secondary N) is 1. The van der Waals surface area contributed by atoms with Gasteiger partial charge in [0.15, 0.2) is 0 Å². The topological polar surface area (TPSA) is 69.6 Å². The number of aryl methyl sites for hydroxylation is 1. The molecule has 0 saturated carbocycles. The standard InChI is InChI=1S/C16H17NO3/c1-10-8-13(16(19)20)6-7-15(10)17-11(2)12-4-3-5-14(18)9-12/h3-9,11,17-18H,1-2H3,(H,19,20). The number of phenolic OH excluding ortho intramolecular Hbond substituents is 1. The van der Waals surface area contributed by atoms with Gasteiger partial charge in [-0.25, -0.2) is 4.79 Å². The highest BCUT2D eigenvalue weighted by Crippen LogP contribution is 2.24. The normalized spacial score (nSPS) is 11.9. The predicted octanol–water partition coefficient (Wildman–Crippen LogP) is 3.57. The van der Waals surface area contributed by atoms with Crippen LogP contribution >= 0.6 is 0 Å². The van der Waals surface area contributed by atoms with Crippen molar-refractivity contribution in [2.24, 2.45) is 0 Å². The van der Waals surface area contributed by atoms with Gasteiger partial charge in [-0.1, -0.05) is 12.1 Å². The van der Waals surface area contributed by atoms with Crippen molar-refractivity contribution in [1.29, 1.82) is 0 Å². The van der Waals surface area contributed by atoms with Crippen LogP contribution in [0.15, 0.2) is 42.5 Å². The van der Waals surface area contributed by atoms with Gasteiger partial charge in [0.05, 0.1) is 5.56 Å². The Kier molecular flexibility index (Phi) is 3.94. The molecule has 0 aliphatic carbocycles. The van der Waals surface area contributed by atoms with Gasteiger partial charge >= 0.3 is 5.97 Å². The van der Waals surface area contributed by atoms with Gasteiger partial charge in [0.2, 0.25) is 0 Å². The minimum absolute atomic E-state index is 0.0106. The van der Waals surface area contributed by atoms with Gasteiger partial charge in [-0.2, -0.15) is 0 Å². The number of carbonyl (C=O) groups is 1. The third-order valence-corrected chi connectivity index (χ3v) is 3.22. The Hall–Kier alpha value is -2.49. The SMILES string of the molecule is Cc1cc(C(=O)O)ccc1NC(C)c1cccc(O)c1. The lowest BCUT2D eigenvalue weighted by molar-refractivity contribution is 0.0697. The van der Waals surface area contributed by atoms with E-state index >= 15 is 0 Å². The lowest BCUT2D eigenvalue weighted by atomic mass is 10.1. The van der Waals surface area contributed by atoms with Crippen LogP contribution in [0.5, 0.6) is 5.75 Å². The molecule has 4 nitrogen and oxygen atoms in total. The maximum atomic E-state index is 10.9. The highest BCUT2D eigenvalue weighted by molar-refractivity contribution is 5.88. The molecule has 0 saturated heterocycles. The first-order valence-corrected chi connectivity index (χ1v) is 6.37. The first-order chi connectivity index (χ1) is 9.47. The number of carboxylic acid groups (broad SMARTS) is 1. The average molecular weight is 271 g/mol. The van der Waals surface area contributed by atoms with Crippen LogP contribution in [0.4, 0.5) is 5.69 Å². The molecule has 2 rings (SSSR count). The number of phenols is 1. The van der Waals surface area contributed by atoms with Crippen molar-refractivity contribution >= 4 is 11.7 Å². The summed E-state index contributed by atoms with van der Waals surface area (Å²) in [5.41, 5.74) is 2.99. The second kappa shape index (κ2) is 5.65. The van der Waals surface area contributed by atoms with E-state index in [-0.39, 0.29) is 17.4 Å². The Morgan fingerprint density at radius 2 is 1.95 bits per heavy atom. The zero-order chi connectivity index (χ0) is 14.7. The van der Waals surface area contributed by atoms with Crippen molar-refractivity contribution in [2.75, 3.05) is 5.32 Å². The Morgan fingerprint density at radius 3 is 2.55 bits per heavy atom. The summed E-state index contributed by atoms with van der Waals surface area (Å²) in [4.78, 5) is 10.9. The minimum Gasteiger partial charge on any atom is -0.508 e. The van der Waals surface area contributed by atoms with E-state index in [1.807, 2.05) is 19.9 Å². The second-order valence-corrected chi connectivity index (χ2v) is 4.80. The third-order valence-electron chi connectivity index (χ3n) is 3.22. The molecular formula is C16H17NO3. The number of aromatic hydroxyl groups is 1. The molecule has 2 aromatic rings. The summed E-state index contributed by atoms with van der Waals surface area (Å²) in [6.07, 6.45) is 0. The van der Waals surface area contributed by atoms with Crippen LogP contribution in [-0.2, 0) is 0 Å². The van der Waals surface area contributed by atoms with Crippen LogP contribution in [-0.4, -0.2) is 16.2 Å². The fourth-order valence-corrected chi connectivity index (χ4v) is 2.07. The molecule has 104 valence electrons. The molecule has 0 radical (unpaired) electrons. The molecule has 1 unspecified atom stereocenters. The number of carboxylic acids is 1. The molecule has 0 aliphatic rings. The van der Waals surface area contributed by atoms with Crippen LogP contribution in [0.3, 0.4) is 0 Å². The smallest absolute Gasteiger partial charge is 0.335 e. The third kappa shape index (κ3) is 3.09. The van der Waals surface area contributed by atoms with Gasteiger partial charge in [0.1, 0.15) is 5.75 Å². The maximum absolute atomic E-state index is 10.9. The van der Waals surface area contributed by atoms with E-state index < -0.39 is 5.97 Å². The van der Waals surface area contributed by atoms with Crippen molar-refractivity contribution in [3.05, 3.63) is 59.2 Å². The summed E-state index contributed by atoms with van der Waals surface area (Å²) in [6, 6.07) is 12.0. The summed E-state index contributed by atoms with van der Waals surface area (Å²) in [6.45, 7) is 3.85. The second-order valence-electron chi connectivity index (χ2n) is 4.80. The molecule has 2 aromatic carbocycles. The highest BCUT2D eigenvalue weighted by atomic mass is 16.4. The molecule has 0 aliphatic heterocycles. The number of hydrogen-bond donors (Lipinski definition) is 3. The van der Waals surface area contributed by atoms with E-state index in [9.17, 15) is 9.90 Å². The fraction of sp³-hybridized carbons (Fsp3) is 0.188. The monoisotopic (exact) mass is 271 g/mol. The molecule has 0 amide bonds. The fourth-order valence-electron chi connectivity index (χ4n) is 2.07. The molecule has 3 N–H and O–H groups in total. The van der Waals surface area contributed by atoms with Crippen LogP contribution in [0, 0.1) is 6.92 Å². The van der Waals surface area contributed by atoms with Crippen molar-refractivity contribution in [2.45, 2.75) is 19.9 Å². The average Bonchev–Trinajstić information content (AvgIpc) is 2.40. The van der Waals surface area contributed by atoms with E-state index in [0.29, 0.717) is 0 Å². The van der Waals surface area contributed by atoms with Crippen LogP contribution < -0.4 is 5.32 Å². The minimum atomic E-state index is -0.930. The van der Waals surface area contributed by atoms with Crippen LogP contribution in [0.2, 0.25) is 0 Å². The van der Waals surface area contributed by atoms with Crippen LogP contribution in [0.1, 0.15) is 34.5 Å². The lowest BCUT2D eigenvalue weighted by Gasteiger charge is -2.18. The van der Waals surface area contributed by atoms with E-state index in [1.165, 1.54) is 0 Å². The molecular weight excluding hydrogens is 254 g/mol. The van der Waals surface area contributed by atoms with E-state index in [0.717, 1.165) is 16.8 Å².